The number of hydrogen-bond acceptors (Lipinski definition) is 4. The summed E-state index contributed by atoms with van der Waals surface area (Å²) in [5.41, 5.74) is 0. The van der Waals surface area contributed by atoms with Gasteiger partial charge < -0.3 is 4.89 Å². The fourth-order valence-corrected chi connectivity index (χ4v) is 7.09. The molecule has 0 saturated carbocycles. The van der Waals surface area contributed by atoms with Crippen molar-refractivity contribution in [3.8, 4) is 0 Å². The molecule has 266 valence electrons. The second-order valence-corrected chi connectivity index (χ2v) is 14.9. The molecule has 0 amide bonds. The zero-order valence-electron chi connectivity index (χ0n) is 30.5. The van der Waals surface area contributed by atoms with E-state index in [1.807, 2.05) is 0 Å². The third kappa shape index (κ3) is 30.7. The first-order valence-electron chi connectivity index (χ1n) is 19.9. The van der Waals surface area contributed by atoms with Crippen LogP contribution in [-0.2, 0) is 13.6 Å². The van der Waals surface area contributed by atoms with Gasteiger partial charge in [-0.15, -0.1) is 0 Å². The van der Waals surface area contributed by atoms with Gasteiger partial charge in [0.15, 0.2) is 0 Å². The van der Waals surface area contributed by atoms with E-state index in [-0.39, 0.29) is 6.23 Å². The maximum atomic E-state index is 13.1. The third-order valence-corrected chi connectivity index (χ3v) is 10.1. The van der Waals surface area contributed by atoms with Crippen LogP contribution >= 0.6 is 7.82 Å². The average Bonchev–Trinajstić information content (AvgIpc) is 3.01. The Morgan fingerprint density at radius 3 is 1.18 bits per heavy atom. The Bertz CT molecular complexity index is 585. The minimum Gasteiger partial charge on any atom is -0.302 e. The topological polar surface area (TPSA) is 59.0 Å². The Labute approximate surface area is 277 Å². The molecule has 0 radical (unpaired) electrons. The van der Waals surface area contributed by atoms with Crippen LogP contribution in [0.3, 0.4) is 0 Å². The second kappa shape index (κ2) is 34.4. The van der Waals surface area contributed by atoms with Crippen molar-refractivity contribution in [3.63, 3.8) is 0 Å². The molecule has 44 heavy (non-hydrogen) atoms. The fourth-order valence-electron chi connectivity index (χ4n) is 6.12. The molecule has 0 aromatic heterocycles. The zero-order valence-corrected chi connectivity index (χ0v) is 31.4. The molecule has 2 unspecified atom stereocenters. The molecule has 1 N–H and O–H groups in total. The van der Waals surface area contributed by atoms with Crippen molar-refractivity contribution in [1.29, 1.82) is 0 Å². The van der Waals surface area contributed by atoms with Crippen molar-refractivity contribution in [2.45, 2.75) is 227 Å². The Morgan fingerprint density at radius 2 is 0.795 bits per heavy atom. The maximum absolute atomic E-state index is 13.1. The van der Waals surface area contributed by atoms with Gasteiger partial charge in [0.25, 0.3) is 0 Å². The summed E-state index contributed by atoms with van der Waals surface area (Å²) in [7, 11) is -4.09. The molecule has 2 atom stereocenters. The van der Waals surface area contributed by atoms with Crippen molar-refractivity contribution in [2.24, 2.45) is 0 Å². The number of phosphoric acid groups is 1. The second-order valence-electron chi connectivity index (χ2n) is 13.5. The van der Waals surface area contributed by atoms with Gasteiger partial charge in [-0.25, -0.2) is 4.57 Å². The molecule has 5 nitrogen and oxygen atoms in total. The lowest BCUT2D eigenvalue weighted by Crippen LogP contribution is -2.38. The van der Waals surface area contributed by atoms with Crippen molar-refractivity contribution >= 4 is 7.82 Å². The van der Waals surface area contributed by atoms with Crippen LogP contribution in [0.15, 0.2) is 0 Å². The molecule has 0 spiro atoms. The highest BCUT2D eigenvalue weighted by Crippen LogP contribution is 2.46. The summed E-state index contributed by atoms with van der Waals surface area (Å²) in [6.07, 6.45) is 36.6. The van der Waals surface area contributed by atoms with Gasteiger partial charge in [-0.05, 0) is 32.1 Å². The van der Waals surface area contributed by atoms with Gasteiger partial charge in [-0.3, -0.25) is 13.9 Å². The number of phosphoric ester groups is 1. The van der Waals surface area contributed by atoms with Crippen molar-refractivity contribution in [2.75, 3.05) is 19.7 Å². The van der Waals surface area contributed by atoms with Gasteiger partial charge in [0.1, 0.15) is 6.23 Å². The lowest BCUT2D eigenvalue weighted by molar-refractivity contribution is -0.0135. The molecule has 0 saturated heterocycles. The Balaban J connectivity index is 4.90. The summed E-state index contributed by atoms with van der Waals surface area (Å²) < 4.78 is 24.7. The van der Waals surface area contributed by atoms with Gasteiger partial charge >= 0.3 is 7.82 Å². The number of hydrogen-bond donors (Lipinski definition) is 1. The van der Waals surface area contributed by atoms with Crippen LogP contribution < -0.4 is 0 Å². The molecular formula is C38H80NO4P. The fraction of sp³-hybridized carbons (Fsp3) is 1.00. The number of rotatable bonds is 37. The molecule has 0 aromatic rings. The summed E-state index contributed by atoms with van der Waals surface area (Å²) in [6.45, 7) is 11.2. The molecule has 0 rings (SSSR count). The molecule has 0 fully saturated rings. The van der Waals surface area contributed by atoms with Gasteiger partial charge in [0.2, 0.25) is 0 Å². The third-order valence-electron chi connectivity index (χ3n) is 9.07. The molecule has 0 bridgehead atoms. The van der Waals surface area contributed by atoms with Gasteiger partial charge in [0.05, 0.1) is 6.61 Å². The zero-order chi connectivity index (χ0) is 32.4. The monoisotopic (exact) mass is 646 g/mol. The first-order valence-corrected chi connectivity index (χ1v) is 21.4. The summed E-state index contributed by atoms with van der Waals surface area (Å²) in [4.78, 5) is 13.2. The van der Waals surface area contributed by atoms with Crippen LogP contribution in [-0.4, -0.2) is 35.7 Å². The Hall–Kier alpha value is 0.0700. The van der Waals surface area contributed by atoms with E-state index in [2.05, 4.69) is 32.6 Å². The van der Waals surface area contributed by atoms with E-state index < -0.39 is 7.82 Å². The van der Waals surface area contributed by atoms with Crippen LogP contribution in [0.2, 0.25) is 0 Å². The lowest BCUT2D eigenvalue weighted by Gasteiger charge is -2.32. The van der Waals surface area contributed by atoms with E-state index in [1.54, 1.807) is 0 Å². The summed E-state index contributed by atoms with van der Waals surface area (Å²) in [6, 6.07) is 0. The van der Waals surface area contributed by atoms with E-state index in [0.717, 1.165) is 58.0 Å². The van der Waals surface area contributed by atoms with Gasteiger partial charge in [-0.1, -0.05) is 188 Å². The van der Waals surface area contributed by atoms with E-state index in [9.17, 15) is 9.46 Å². The standard InChI is InChI=1S/C38H80NO4P/c1-5-9-13-17-20-23-26-29-33-37-42-44(40,41)43-38(34-30-16-12-8-4)39(35-31-27-24-21-18-14-10-6-2)36-32-28-25-22-19-15-11-7-3/h38H,5-37H2,1-4H3,(H,40,41). The molecular weight excluding hydrogens is 565 g/mol. The summed E-state index contributed by atoms with van der Waals surface area (Å²) >= 11 is 0. The smallest absolute Gasteiger partial charge is 0.302 e. The minimum absolute atomic E-state index is 0.308. The molecule has 0 aliphatic heterocycles. The predicted octanol–water partition coefficient (Wildman–Crippen LogP) is 13.5. The van der Waals surface area contributed by atoms with Crippen molar-refractivity contribution in [3.05, 3.63) is 0 Å². The Kier molecular flexibility index (Phi) is 34.5. The van der Waals surface area contributed by atoms with E-state index in [0.29, 0.717) is 6.61 Å². The first kappa shape index (κ1) is 44.1. The number of nitrogens with zero attached hydrogens (tertiary/aromatic N) is 1. The normalized spacial score (nSPS) is 14.0. The lowest BCUT2D eigenvalue weighted by atomic mass is 10.1. The summed E-state index contributed by atoms with van der Waals surface area (Å²) in [5.74, 6) is 0. The molecule has 6 heteroatoms. The molecule has 0 aliphatic carbocycles. The highest BCUT2D eigenvalue weighted by atomic mass is 31.2. The number of unbranched alkanes of at least 4 members (excludes halogenated alkanes) is 25. The van der Waals surface area contributed by atoms with E-state index >= 15 is 0 Å². The molecule has 0 aliphatic rings. The quantitative estimate of drug-likeness (QED) is 0.0414. The van der Waals surface area contributed by atoms with Crippen LogP contribution in [0.25, 0.3) is 0 Å². The SMILES string of the molecule is CCCCCCCCCCCOP(=O)(O)OC(CCCCCC)N(CCCCCCCCCC)CCCCCCCCCC. The van der Waals surface area contributed by atoms with Crippen molar-refractivity contribution in [1.82, 2.24) is 4.90 Å². The maximum Gasteiger partial charge on any atom is 0.473 e. The van der Waals surface area contributed by atoms with Gasteiger partial charge in [-0.2, -0.15) is 0 Å². The minimum atomic E-state index is -4.09. The highest BCUT2D eigenvalue weighted by Gasteiger charge is 2.30. The van der Waals surface area contributed by atoms with E-state index in [4.69, 9.17) is 9.05 Å². The van der Waals surface area contributed by atoms with Crippen LogP contribution in [0.1, 0.15) is 220 Å². The highest BCUT2D eigenvalue weighted by molar-refractivity contribution is 7.47. The van der Waals surface area contributed by atoms with Crippen LogP contribution in [0.5, 0.6) is 0 Å². The largest absolute Gasteiger partial charge is 0.473 e. The van der Waals surface area contributed by atoms with Crippen LogP contribution in [0, 0.1) is 0 Å². The average molecular weight is 646 g/mol. The van der Waals surface area contributed by atoms with E-state index in [1.165, 1.54) is 148 Å². The predicted molar refractivity (Wildman–Crippen MR) is 193 cm³/mol. The Morgan fingerprint density at radius 1 is 0.477 bits per heavy atom. The first-order chi connectivity index (χ1) is 21.5. The summed E-state index contributed by atoms with van der Waals surface area (Å²) in [5, 5.41) is 0. The molecule has 0 heterocycles. The van der Waals surface area contributed by atoms with Crippen molar-refractivity contribution < 1.29 is 18.5 Å². The van der Waals surface area contributed by atoms with Crippen LogP contribution in [0.4, 0.5) is 0 Å². The van der Waals surface area contributed by atoms with Gasteiger partial charge in [0, 0.05) is 13.1 Å². The molecule has 0 aromatic carbocycles.